The van der Waals surface area contributed by atoms with Gasteiger partial charge in [-0.15, -0.1) is 0 Å². The number of benzene rings is 2. The van der Waals surface area contributed by atoms with E-state index in [2.05, 4.69) is 20.4 Å². The molecule has 35 heavy (non-hydrogen) atoms. The number of rotatable bonds is 7. The first-order chi connectivity index (χ1) is 16.9. The minimum atomic E-state index is -0.878. The van der Waals surface area contributed by atoms with Crippen LogP contribution in [0, 0.1) is 5.82 Å². The molecule has 0 saturated carbocycles. The van der Waals surface area contributed by atoms with E-state index in [0.717, 1.165) is 24.5 Å². The molecule has 2 aliphatic rings. The van der Waals surface area contributed by atoms with Gasteiger partial charge >= 0.3 is 0 Å². The Kier molecular flexibility index (Phi) is 7.81. The summed E-state index contributed by atoms with van der Waals surface area (Å²) >= 11 is 0. The van der Waals surface area contributed by atoms with Crippen molar-refractivity contribution in [3.63, 3.8) is 0 Å². The van der Waals surface area contributed by atoms with E-state index >= 15 is 0 Å². The van der Waals surface area contributed by atoms with Gasteiger partial charge in [0, 0.05) is 50.6 Å². The number of anilines is 2. The summed E-state index contributed by atoms with van der Waals surface area (Å²) in [7, 11) is 1.64. The standard InChI is InChI=1S/C25H30FN5O4/c1-35-21-8-6-20(7-9-21)30-14-12-29(13-15-30)17-24(33)31-11-10-27-25(34)22(31)16-23(32)28-19-4-2-18(26)3-5-19/h2-9,22H,10-17H2,1H3,(H,27,34)(H,28,32)/t22-/m0/s1. The highest BCUT2D eigenvalue weighted by Crippen LogP contribution is 2.21. The van der Waals surface area contributed by atoms with Gasteiger partial charge in [-0.2, -0.15) is 0 Å². The maximum Gasteiger partial charge on any atom is 0.243 e. The number of methoxy groups -OCH3 is 1. The SMILES string of the molecule is COc1ccc(N2CCN(CC(=O)N3CCNC(=O)[C@@H]3CC(=O)Nc3ccc(F)cc3)CC2)cc1. The van der Waals surface area contributed by atoms with Crippen molar-refractivity contribution >= 4 is 29.1 Å². The average Bonchev–Trinajstić information content (AvgIpc) is 2.87. The minimum absolute atomic E-state index is 0.166. The molecule has 4 rings (SSSR count). The lowest BCUT2D eigenvalue weighted by Gasteiger charge is -2.39. The topological polar surface area (TPSA) is 94.2 Å². The number of hydrogen-bond donors (Lipinski definition) is 2. The normalized spacial score (nSPS) is 18.7. The number of amides is 3. The lowest BCUT2D eigenvalue weighted by Crippen LogP contribution is -2.60. The number of carbonyl (C=O) groups excluding carboxylic acids is 3. The lowest BCUT2D eigenvalue weighted by molar-refractivity contribution is -0.145. The molecule has 2 N–H and O–H groups in total. The maximum atomic E-state index is 13.1. The van der Waals surface area contributed by atoms with E-state index in [1.54, 1.807) is 7.11 Å². The molecule has 2 saturated heterocycles. The third-order valence-electron chi connectivity index (χ3n) is 6.33. The molecule has 3 amide bonds. The van der Waals surface area contributed by atoms with Crippen molar-refractivity contribution in [2.24, 2.45) is 0 Å². The highest BCUT2D eigenvalue weighted by atomic mass is 19.1. The van der Waals surface area contributed by atoms with Crippen molar-refractivity contribution < 1.29 is 23.5 Å². The zero-order valence-electron chi connectivity index (χ0n) is 19.7. The van der Waals surface area contributed by atoms with Gasteiger partial charge < -0.3 is 25.2 Å². The number of halogens is 1. The molecular weight excluding hydrogens is 453 g/mol. The van der Waals surface area contributed by atoms with Crippen LogP contribution in [0.2, 0.25) is 0 Å². The second-order valence-electron chi connectivity index (χ2n) is 8.61. The quantitative estimate of drug-likeness (QED) is 0.617. The summed E-state index contributed by atoms with van der Waals surface area (Å²) < 4.78 is 18.3. The Hall–Kier alpha value is -3.66. The fraction of sp³-hybridized carbons (Fsp3) is 0.400. The maximum absolute atomic E-state index is 13.1. The van der Waals surface area contributed by atoms with Crippen LogP contribution in [0.5, 0.6) is 5.75 Å². The second-order valence-corrected chi connectivity index (χ2v) is 8.61. The summed E-state index contributed by atoms with van der Waals surface area (Å²) in [5, 5.41) is 5.40. The van der Waals surface area contributed by atoms with Crippen molar-refractivity contribution in [3.8, 4) is 5.75 Å². The van der Waals surface area contributed by atoms with Crippen molar-refractivity contribution in [1.29, 1.82) is 0 Å². The highest BCUT2D eigenvalue weighted by Gasteiger charge is 2.35. The number of hydrogen-bond acceptors (Lipinski definition) is 6. The van der Waals surface area contributed by atoms with Gasteiger partial charge in [-0.05, 0) is 48.5 Å². The van der Waals surface area contributed by atoms with Gasteiger partial charge in [0.1, 0.15) is 17.6 Å². The molecule has 2 aromatic carbocycles. The first-order valence-corrected chi connectivity index (χ1v) is 11.7. The fourth-order valence-electron chi connectivity index (χ4n) is 4.38. The number of nitrogens with zero attached hydrogens (tertiary/aromatic N) is 3. The zero-order valence-corrected chi connectivity index (χ0v) is 19.7. The molecule has 1 atom stereocenters. The Morgan fingerprint density at radius 3 is 2.37 bits per heavy atom. The molecule has 0 aromatic heterocycles. The summed E-state index contributed by atoms with van der Waals surface area (Å²) in [4.78, 5) is 44.0. The first-order valence-electron chi connectivity index (χ1n) is 11.7. The Morgan fingerprint density at radius 2 is 1.71 bits per heavy atom. The Morgan fingerprint density at radius 1 is 1.03 bits per heavy atom. The summed E-state index contributed by atoms with van der Waals surface area (Å²) in [6.07, 6.45) is -0.166. The van der Waals surface area contributed by atoms with Crippen LogP contribution in [0.25, 0.3) is 0 Å². The van der Waals surface area contributed by atoms with Gasteiger partial charge in [0.25, 0.3) is 0 Å². The van der Waals surface area contributed by atoms with Crippen LogP contribution in [-0.2, 0) is 14.4 Å². The molecular formula is C25H30FN5O4. The Labute approximate surface area is 203 Å². The average molecular weight is 484 g/mol. The van der Waals surface area contributed by atoms with E-state index in [1.165, 1.54) is 29.2 Å². The summed E-state index contributed by atoms with van der Waals surface area (Å²) in [6.45, 7) is 3.89. The highest BCUT2D eigenvalue weighted by molar-refractivity contribution is 5.97. The van der Waals surface area contributed by atoms with Crippen LogP contribution in [0.15, 0.2) is 48.5 Å². The summed E-state index contributed by atoms with van der Waals surface area (Å²) in [6, 6.07) is 12.4. The van der Waals surface area contributed by atoms with Crippen LogP contribution in [0.1, 0.15) is 6.42 Å². The minimum Gasteiger partial charge on any atom is -0.497 e. The van der Waals surface area contributed by atoms with E-state index in [4.69, 9.17) is 4.74 Å². The van der Waals surface area contributed by atoms with Crippen LogP contribution < -0.4 is 20.3 Å². The molecule has 0 unspecified atom stereocenters. The van der Waals surface area contributed by atoms with Gasteiger partial charge in [0.05, 0.1) is 20.1 Å². The number of ether oxygens (including phenoxy) is 1. The van der Waals surface area contributed by atoms with Gasteiger partial charge in [-0.1, -0.05) is 0 Å². The largest absolute Gasteiger partial charge is 0.497 e. The van der Waals surface area contributed by atoms with Crippen LogP contribution in [0.4, 0.5) is 15.8 Å². The molecule has 2 aliphatic heterocycles. The summed E-state index contributed by atoms with van der Waals surface area (Å²) in [5.74, 6) is -0.522. The number of piperazine rings is 2. The van der Waals surface area contributed by atoms with Crippen molar-refractivity contribution in [3.05, 3.63) is 54.3 Å². The van der Waals surface area contributed by atoms with E-state index in [9.17, 15) is 18.8 Å². The molecule has 186 valence electrons. The molecule has 0 radical (unpaired) electrons. The van der Waals surface area contributed by atoms with Crippen molar-refractivity contribution in [2.75, 3.05) is 63.1 Å². The van der Waals surface area contributed by atoms with Crippen LogP contribution in [-0.4, -0.2) is 86.5 Å². The third-order valence-corrected chi connectivity index (χ3v) is 6.33. The Balaban J connectivity index is 1.31. The fourth-order valence-corrected chi connectivity index (χ4v) is 4.38. The predicted octanol–water partition coefficient (Wildman–Crippen LogP) is 1.31. The molecule has 2 heterocycles. The molecule has 2 fully saturated rings. The van der Waals surface area contributed by atoms with E-state index in [1.807, 2.05) is 24.3 Å². The zero-order chi connectivity index (χ0) is 24.8. The first kappa shape index (κ1) is 24.5. The van der Waals surface area contributed by atoms with Gasteiger partial charge in [-0.3, -0.25) is 19.3 Å². The van der Waals surface area contributed by atoms with E-state index in [0.29, 0.717) is 31.9 Å². The predicted molar refractivity (Wildman–Crippen MR) is 130 cm³/mol. The van der Waals surface area contributed by atoms with Gasteiger partial charge in [-0.25, -0.2) is 4.39 Å². The van der Waals surface area contributed by atoms with Crippen LogP contribution in [0.3, 0.4) is 0 Å². The monoisotopic (exact) mass is 483 g/mol. The smallest absolute Gasteiger partial charge is 0.243 e. The van der Waals surface area contributed by atoms with Crippen molar-refractivity contribution in [1.82, 2.24) is 15.1 Å². The molecule has 0 aliphatic carbocycles. The van der Waals surface area contributed by atoms with E-state index in [-0.39, 0.29) is 24.8 Å². The molecule has 0 spiro atoms. The van der Waals surface area contributed by atoms with Gasteiger partial charge in [0.2, 0.25) is 17.7 Å². The summed E-state index contributed by atoms with van der Waals surface area (Å²) in [5.41, 5.74) is 1.54. The van der Waals surface area contributed by atoms with Gasteiger partial charge in [0.15, 0.2) is 0 Å². The molecule has 0 bridgehead atoms. The molecule has 9 nitrogen and oxygen atoms in total. The number of carbonyl (C=O) groups is 3. The van der Waals surface area contributed by atoms with Crippen LogP contribution >= 0.6 is 0 Å². The Bertz CT molecular complexity index is 1040. The molecule has 10 heteroatoms. The lowest BCUT2D eigenvalue weighted by atomic mass is 10.1. The third kappa shape index (κ3) is 6.27. The second kappa shape index (κ2) is 11.2. The molecule has 2 aromatic rings. The number of nitrogens with one attached hydrogen (secondary N) is 2. The van der Waals surface area contributed by atoms with Crippen molar-refractivity contribution in [2.45, 2.75) is 12.5 Å². The van der Waals surface area contributed by atoms with E-state index < -0.39 is 17.8 Å².